The summed E-state index contributed by atoms with van der Waals surface area (Å²) in [5.41, 5.74) is 8.69. The highest BCUT2D eigenvalue weighted by atomic mass is 32.1. The lowest BCUT2D eigenvalue weighted by molar-refractivity contribution is 0.792. The molecule has 2 heteroatoms. The smallest absolute Gasteiger partial charge is 0.0306 e. The molecule has 0 saturated carbocycles. The normalized spacial score (nSPS) is 12.6. The molecule has 0 amide bonds. The highest BCUT2D eigenvalue weighted by molar-refractivity contribution is 7.10. The molecule has 0 fully saturated rings. The van der Waals surface area contributed by atoms with Crippen molar-refractivity contribution in [3.05, 3.63) is 57.8 Å². The Labute approximate surface area is 114 Å². The summed E-state index contributed by atoms with van der Waals surface area (Å²) in [6.07, 6.45) is 3.70. The van der Waals surface area contributed by atoms with Crippen molar-refractivity contribution in [1.29, 1.82) is 0 Å². The maximum Gasteiger partial charge on any atom is 0.0306 e. The number of aryl methyl sites for hydroxylation is 1. The first kappa shape index (κ1) is 13.3. The van der Waals surface area contributed by atoms with E-state index in [0.29, 0.717) is 12.5 Å². The SMILES string of the molecule is CCCCc1ccc(C(CN)c2cccs2)cc1. The molecule has 0 radical (unpaired) electrons. The first-order valence-corrected chi connectivity index (χ1v) is 7.55. The molecular weight excluding hydrogens is 238 g/mol. The van der Waals surface area contributed by atoms with Gasteiger partial charge in [0.05, 0.1) is 0 Å². The molecule has 1 heterocycles. The monoisotopic (exact) mass is 259 g/mol. The Kier molecular flexibility index (Phi) is 4.97. The molecule has 96 valence electrons. The predicted octanol–water partition coefficient (Wildman–Crippen LogP) is 4.18. The molecule has 0 aliphatic rings. The number of hydrogen-bond donors (Lipinski definition) is 1. The van der Waals surface area contributed by atoms with Gasteiger partial charge in [0.15, 0.2) is 0 Å². The molecule has 1 atom stereocenters. The molecule has 0 aliphatic heterocycles. The van der Waals surface area contributed by atoms with Crippen LogP contribution in [0.5, 0.6) is 0 Å². The second-order valence-corrected chi connectivity index (χ2v) is 5.63. The second-order valence-electron chi connectivity index (χ2n) is 4.65. The van der Waals surface area contributed by atoms with Gasteiger partial charge in [0, 0.05) is 17.3 Å². The van der Waals surface area contributed by atoms with Crippen molar-refractivity contribution in [3.63, 3.8) is 0 Å². The van der Waals surface area contributed by atoms with E-state index >= 15 is 0 Å². The summed E-state index contributed by atoms with van der Waals surface area (Å²) in [5.74, 6) is 0.352. The van der Waals surface area contributed by atoms with Gasteiger partial charge in [-0.3, -0.25) is 0 Å². The van der Waals surface area contributed by atoms with Crippen LogP contribution in [0, 0.1) is 0 Å². The van der Waals surface area contributed by atoms with E-state index in [1.165, 1.54) is 35.3 Å². The first-order valence-electron chi connectivity index (χ1n) is 6.67. The zero-order valence-corrected chi connectivity index (χ0v) is 11.7. The van der Waals surface area contributed by atoms with Crippen molar-refractivity contribution in [3.8, 4) is 0 Å². The van der Waals surface area contributed by atoms with Crippen LogP contribution in [0.2, 0.25) is 0 Å². The molecule has 18 heavy (non-hydrogen) atoms. The van der Waals surface area contributed by atoms with Gasteiger partial charge in [-0.15, -0.1) is 11.3 Å². The van der Waals surface area contributed by atoms with E-state index in [2.05, 4.69) is 48.7 Å². The molecule has 1 nitrogen and oxygen atoms in total. The van der Waals surface area contributed by atoms with Crippen molar-refractivity contribution < 1.29 is 0 Å². The Hall–Kier alpha value is -1.12. The molecule has 0 spiro atoms. The minimum absolute atomic E-state index is 0.352. The average Bonchev–Trinajstić information content (AvgIpc) is 2.93. The summed E-state index contributed by atoms with van der Waals surface area (Å²) >= 11 is 1.79. The fraction of sp³-hybridized carbons (Fsp3) is 0.375. The van der Waals surface area contributed by atoms with E-state index < -0.39 is 0 Å². The third kappa shape index (κ3) is 3.21. The highest BCUT2D eigenvalue weighted by Gasteiger charge is 2.12. The first-order chi connectivity index (χ1) is 8.85. The topological polar surface area (TPSA) is 26.0 Å². The number of nitrogens with two attached hydrogens (primary N) is 1. The Bertz CT molecular complexity index is 444. The molecule has 2 rings (SSSR count). The lowest BCUT2D eigenvalue weighted by Gasteiger charge is -2.14. The number of unbranched alkanes of at least 4 members (excludes halogenated alkanes) is 1. The van der Waals surface area contributed by atoms with Gasteiger partial charge in [-0.25, -0.2) is 0 Å². The summed E-state index contributed by atoms with van der Waals surface area (Å²) in [5, 5.41) is 2.12. The molecule has 1 aromatic heterocycles. The lowest BCUT2D eigenvalue weighted by atomic mass is 9.95. The van der Waals surface area contributed by atoms with E-state index in [1.807, 2.05) is 0 Å². The van der Waals surface area contributed by atoms with Crippen molar-refractivity contribution in [2.45, 2.75) is 32.1 Å². The van der Waals surface area contributed by atoms with Crippen LogP contribution in [-0.2, 0) is 6.42 Å². The minimum atomic E-state index is 0.352. The molecule has 0 saturated heterocycles. The van der Waals surface area contributed by atoms with Crippen LogP contribution < -0.4 is 5.73 Å². The van der Waals surface area contributed by atoms with Gasteiger partial charge in [-0.2, -0.15) is 0 Å². The number of rotatable bonds is 6. The van der Waals surface area contributed by atoms with Gasteiger partial charge in [-0.1, -0.05) is 43.7 Å². The Morgan fingerprint density at radius 2 is 1.94 bits per heavy atom. The molecular formula is C16H21NS. The van der Waals surface area contributed by atoms with Crippen LogP contribution in [0.25, 0.3) is 0 Å². The molecule has 0 aliphatic carbocycles. The zero-order valence-electron chi connectivity index (χ0n) is 10.9. The van der Waals surface area contributed by atoms with Gasteiger partial charge >= 0.3 is 0 Å². The molecule has 1 unspecified atom stereocenters. The van der Waals surface area contributed by atoms with Gasteiger partial charge in [0.25, 0.3) is 0 Å². The summed E-state index contributed by atoms with van der Waals surface area (Å²) < 4.78 is 0. The predicted molar refractivity (Wildman–Crippen MR) is 80.3 cm³/mol. The summed E-state index contributed by atoms with van der Waals surface area (Å²) in [4.78, 5) is 1.36. The van der Waals surface area contributed by atoms with Crippen LogP contribution >= 0.6 is 11.3 Å². The van der Waals surface area contributed by atoms with Gasteiger partial charge < -0.3 is 5.73 Å². The van der Waals surface area contributed by atoms with Crippen molar-refractivity contribution in [2.24, 2.45) is 5.73 Å². The van der Waals surface area contributed by atoms with Gasteiger partial charge in [-0.05, 0) is 35.4 Å². The quantitative estimate of drug-likeness (QED) is 0.827. The number of thiophene rings is 1. The standard InChI is InChI=1S/C16H21NS/c1-2-3-5-13-7-9-14(10-8-13)15(12-17)16-6-4-11-18-16/h4,6-11,15H,2-3,5,12,17H2,1H3. The maximum absolute atomic E-state index is 5.92. The number of benzene rings is 1. The Balaban J connectivity index is 2.12. The van der Waals surface area contributed by atoms with Crippen LogP contribution in [0.15, 0.2) is 41.8 Å². The van der Waals surface area contributed by atoms with Crippen molar-refractivity contribution in [1.82, 2.24) is 0 Å². The molecule has 1 aromatic carbocycles. The Morgan fingerprint density at radius 3 is 2.50 bits per heavy atom. The van der Waals surface area contributed by atoms with Crippen LogP contribution in [-0.4, -0.2) is 6.54 Å². The third-order valence-corrected chi connectivity index (χ3v) is 4.31. The maximum atomic E-state index is 5.92. The Morgan fingerprint density at radius 1 is 1.17 bits per heavy atom. The summed E-state index contributed by atoms with van der Waals surface area (Å²) in [7, 11) is 0. The number of hydrogen-bond acceptors (Lipinski definition) is 2. The fourth-order valence-corrected chi connectivity index (χ4v) is 3.07. The second kappa shape index (κ2) is 6.72. The van der Waals surface area contributed by atoms with E-state index in [9.17, 15) is 0 Å². The van der Waals surface area contributed by atoms with E-state index in [4.69, 9.17) is 5.73 Å². The van der Waals surface area contributed by atoms with E-state index in [-0.39, 0.29) is 0 Å². The third-order valence-electron chi connectivity index (χ3n) is 3.32. The average molecular weight is 259 g/mol. The minimum Gasteiger partial charge on any atom is -0.329 e. The van der Waals surface area contributed by atoms with E-state index in [1.54, 1.807) is 11.3 Å². The van der Waals surface area contributed by atoms with Crippen molar-refractivity contribution in [2.75, 3.05) is 6.54 Å². The fourth-order valence-electron chi connectivity index (χ4n) is 2.20. The van der Waals surface area contributed by atoms with Gasteiger partial charge in [0.1, 0.15) is 0 Å². The molecule has 2 N–H and O–H groups in total. The lowest BCUT2D eigenvalue weighted by Crippen LogP contribution is -2.12. The highest BCUT2D eigenvalue weighted by Crippen LogP contribution is 2.27. The zero-order chi connectivity index (χ0) is 12.8. The summed E-state index contributed by atoms with van der Waals surface area (Å²) in [6.45, 7) is 2.91. The largest absolute Gasteiger partial charge is 0.329 e. The molecule has 0 bridgehead atoms. The van der Waals surface area contributed by atoms with Crippen LogP contribution in [0.1, 0.15) is 41.7 Å². The summed E-state index contributed by atoms with van der Waals surface area (Å²) in [6, 6.07) is 13.2. The van der Waals surface area contributed by atoms with Crippen LogP contribution in [0.3, 0.4) is 0 Å². The van der Waals surface area contributed by atoms with Gasteiger partial charge in [0.2, 0.25) is 0 Å². The van der Waals surface area contributed by atoms with Crippen molar-refractivity contribution >= 4 is 11.3 Å². The van der Waals surface area contributed by atoms with Crippen LogP contribution in [0.4, 0.5) is 0 Å². The van der Waals surface area contributed by atoms with E-state index in [0.717, 1.165) is 0 Å². The molecule has 2 aromatic rings.